The first-order valence-electron chi connectivity index (χ1n) is 7.57. The summed E-state index contributed by atoms with van der Waals surface area (Å²) >= 11 is 6.35. The molecule has 3 rings (SSSR count). The largest absolute Gasteiger partial charge is 0.482 e. The monoisotopic (exact) mass is 308 g/mol. The molecule has 5 heteroatoms. The first kappa shape index (κ1) is 14.5. The number of benzene rings is 1. The van der Waals surface area contributed by atoms with Gasteiger partial charge in [0.05, 0.1) is 16.4 Å². The molecule has 21 heavy (non-hydrogen) atoms. The zero-order valence-corrected chi connectivity index (χ0v) is 13.2. The van der Waals surface area contributed by atoms with Crippen LogP contribution in [0.15, 0.2) is 12.1 Å². The highest BCUT2D eigenvalue weighted by atomic mass is 35.5. The summed E-state index contributed by atoms with van der Waals surface area (Å²) < 4.78 is 5.46. The van der Waals surface area contributed by atoms with Crippen molar-refractivity contribution in [2.45, 2.75) is 39.2 Å². The highest BCUT2D eigenvalue weighted by Crippen LogP contribution is 2.39. The minimum Gasteiger partial charge on any atom is -0.482 e. The van der Waals surface area contributed by atoms with E-state index in [1.807, 2.05) is 6.07 Å². The maximum atomic E-state index is 11.3. The van der Waals surface area contributed by atoms with E-state index < -0.39 is 0 Å². The van der Waals surface area contributed by atoms with E-state index >= 15 is 0 Å². The number of nitrogens with one attached hydrogen (secondary N) is 2. The molecule has 2 unspecified atom stereocenters. The average molecular weight is 309 g/mol. The van der Waals surface area contributed by atoms with E-state index in [0.29, 0.717) is 34.3 Å². The highest BCUT2D eigenvalue weighted by Gasteiger charge is 2.28. The maximum Gasteiger partial charge on any atom is 0.262 e. The Bertz CT molecular complexity index is 551. The summed E-state index contributed by atoms with van der Waals surface area (Å²) in [6.45, 7) is 4.64. The van der Waals surface area contributed by atoms with Crippen molar-refractivity contribution in [3.8, 4) is 5.75 Å². The SMILES string of the molecule is CC1CCCC(C)C1Nc1cc2c(cc1Cl)NC(=O)CO2. The third kappa shape index (κ3) is 2.95. The quantitative estimate of drug-likeness (QED) is 0.871. The Hall–Kier alpha value is -1.42. The van der Waals surface area contributed by atoms with Crippen molar-refractivity contribution in [1.82, 2.24) is 0 Å². The van der Waals surface area contributed by atoms with Crippen molar-refractivity contribution in [3.63, 3.8) is 0 Å². The minimum absolute atomic E-state index is 0.0598. The fourth-order valence-corrected chi connectivity index (χ4v) is 3.57. The molecule has 0 spiro atoms. The van der Waals surface area contributed by atoms with Crippen LogP contribution in [-0.4, -0.2) is 18.6 Å². The Morgan fingerprint density at radius 1 is 1.29 bits per heavy atom. The van der Waals surface area contributed by atoms with Gasteiger partial charge in [-0.15, -0.1) is 0 Å². The molecule has 0 radical (unpaired) electrons. The number of carbonyl (C=O) groups excluding carboxylic acids is 1. The Balaban J connectivity index is 1.84. The van der Waals surface area contributed by atoms with Crippen molar-refractivity contribution in [2.75, 3.05) is 17.2 Å². The fraction of sp³-hybridized carbons (Fsp3) is 0.562. The summed E-state index contributed by atoms with van der Waals surface area (Å²) in [5, 5.41) is 6.97. The first-order valence-corrected chi connectivity index (χ1v) is 7.95. The van der Waals surface area contributed by atoms with Crippen molar-refractivity contribution in [3.05, 3.63) is 17.2 Å². The summed E-state index contributed by atoms with van der Waals surface area (Å²) in [7, 11) is 0. The smallest absolute Gasteiger partial charge is 0.262 e. The number of halogens is 1. The molecule has 1 aliphatic heterocycles. The molecule has 1 heterocycles. The molecule has 1 aromatic carbocycles. The van der Waals surface area contributed by atoms with Crippen molar-refractivity contribution >= 4 is 28.9 Å². The van der Waals surface area contributed by atoms with Gasteiger partial charge in [-0.25, -0.2) is 0 Å². The van der Waals surface area contributed by atoms with Gasteiger partial charge in [0, 0.05) is 12.1 Å². The number of hydrogen-bond acceptors (Lipinski definition) is 3. The van der Waals surface area contributed by atoms with Crippen LogP contribution in [0.5, 0.6) is 5.75 Å². The lowest BCUT2D eigenvalue weighted by atomic mass is 9.78. The number of ether oxygens (including phenoxy) is 1. The lowest BCUT2D eigenvalue weighted by Gasteiger charge is -2.36. The summed E-state index contributed by atoms with van der Waals surface area (Å²) in [6, 6.07) is 4.08. The lowest BCUT2D eigenvalue weighted by molar-refractivity contribution is -0.118. The molecule has 1 fully saturated rings. The van der Waals surface area contributed by atoms with Crippen LogP contribution in [-0.2, 0) is 4.79 Å². The van der Waals surface area contributed by atoms with E-state index in [1.54, 1.807) is 6.07 Å². The molecular weight excluding hydrogens is 288 g/mol. The molecule has 2 atom stereocenters. The number of anilines is 2. The highest BCUT2D eigenvalue weighted by molar-refractivity contribution is 6.33. The van der Waals surface area contributed by atoms with Crippen molar-refractivity contribution in [1.29, 1.82) is 0 Å². The second kappa shape index (κ2) is 5.76. The van der Waals surface area contributed by atoms with Gasteiger partial charge in [0.2, 0.25) is 0 Å². The standard InChI is InChI=1S/C16H21ClN2O2/c1-9-4-3-5-10(2)16(9)19-12-7-14-13(6-11(12)17)18-15(20)8-21-14/h6-7,9-10,16,19H,3-5,8H2,1-2H3,(H,18,20). The molecule has 1 amide bonds. The van der Waals surface area contributed by atoms with Gasteiger partial charge < -0.3 is 15.4 Å². The van der Waals surface area contributed by atoms with Crippen LogP contribution in [0.4, 0.5) is 11.4 Å². The molecular formula is C16H21ClN2O2. The second-order valence-electron chi connectivity index (χ2n) is 6.22. The Morgan fingerprint density at radius 2 is 2.00 bits per heavy atom. The summed E-state index contributed by atoms with van der Waals surface area (Å²) in [6.07, 6.45) is 3.79. The van der Waals surface area contributed by atoms with E-state index in [-0.39, 0.29) is 12.5 Å². The number of fused-ring (bicyclic) bond motifs is 1. The Labute approximate surface area is 130 Å². The molecule has 0 saturated heterocycles. The predicted molar refractivity (Wildman–Crippen MR) is 85.2 cm³/mol. The van der Waals surface area contributed by atoms with E-state index in [1.165, 1.54) is 19.3 Å². The van der Waals surface area contributed by atoms with Crippen LogP contribution in [0.3, 0.4) is 0 Å². The maximum absolute atomic E-state index is 11.3. The summed E-state index contributed by atoms with van der Waals surface area (Å²) in [5.74, 6) is 1.79. The summed E-state index contributed by atoms with van der Waals surface area (Å²) in [4.78, 5) is 11.3. The average Bonchev–Trinajstić information content (AvgIpc) is 2.43. The Kier molecular flexibility index (Phi) is 3.98. The number of rotatable bonds is 2. The second-order valence-corrected chi connectivity index (χ2v) is 6.63. The van der Waals surface area contributed by atoms with E-state index in [0.717, 1.165) is 5.69 Å². The van der Waals surface area contributed by atoms with Crippen LogP contribution in [0.1, 0.15) is 33.1 Å². The van der Waals surface area contributed by atoms with E-state index in [4.69, 9.17) is 16.3 Å². The zero-order chi connectivity index (χ0) is 15.0. The van der Waals surface area contributed by atoms with Gasteiger partial charge in [0.1, 0.15) is 5.75 Å². The van der Waals surface area contributed by atoms with E-state index in [9.17, 15) is 4.79 Å². The van der Waals surface area contributed by atoms with Gasteiger partial charge in [-0.2, -0.15) is 0 Å². The molecule has 1 saturated carbocycles. The van der Waals surface area contributed by atoms with Gasteiger partial charge in [-0.05, 0) is 30.7 Å². The number of amides is 1. The third-order valence-corrected chi connectivity index (χ3v) is 4.88. The minimum atomic E-state index is -0.145. The molecule has 1 aliphatic carbocycles. The first-order chi connectivity index (χ1) is 10.0. The molecule has 0 aromatic heterocycles. The Morgan fingerprint density at radius 3 is 2.71 bits per heavy atom. The molecule has 4 nitrogen and oxygen atoms in total. The number of hydrogen-bond donors (Lipinski definition) is 2. The molecule has 0 bridgehead atoms. The van der Waals surface area contributed by atoms with Gasteiger partial charge >= 0.3 is 0 Å². The van der Waals surface area contributed by atoms with Crippen LogP contribution >= 0.6 is 11.6 Å². The molecule has 2 N–H and O–H groups in total. The third-order valence-electron chi connectivity index (χ3n) is 4.57. The van der Waals surface area contributed by atoms with Gasteiger partial charge in [0.25, 0.3) is 5.91 Å². The van der Waals surface area contributed by atoms with Crippen molar-refractivity contribution < 1.29 is 9.53 Å². The number of carbonyl (C=O) groups is 1. The van der Waals surface area contributed by atoms with Gasteiger partial charge in [0.15, 0.2) is 6.61 Å². The van der Waals surface area contributed by atoms with Crippen LogP contribution in [0.2, 0.25) is 5.02 Å². The zero-order valence-electron chi connectivity index (χ0n) is 12.4. The van der Waals surface area contributed by atoms with Crippen LogP contribution in [0.25, 0.3) is 0 Å². The van der Waals surface area contributed by atoms with Crippen LogP contribution < -0.4 is 15.4 Å². The summed E-state index contributed by atoms with van der Waals surface area (Å²) in [5.41, 5.74) is 1.53. The van der Waals surface area contributed by atoms with Gasteiger partial charge in [-0.3, -0.25) is 4.79 Å². The predicted octanol–water partition coefficient (Wildman–Crippen LogP) is 3.91. The molecule has 1 aromatic rings. The topological polar surface area (TPSA) is 50.4 Å². The lowest BCUT2D eigenvalue weighted by Crippen LogP contribution is -2.37. The van der Waals surface area contributed by atoms with Gasteiger partial charge in [-0.1, -0.05) is 31.9 Å². The molecule has 2 aliphatic rings. The van der Waals surface area contributed by atoms with E-state index in [2.05, 4.69) is 24.5 Å². The van der Waals surface area contributed by atoms with Crippen LogP contribution in [0, 0.1) is 11.8 Å². The fourth-order valence-electron chi connectivity index (χ4n) is 3.36. The normalized spacial score (nSPS) is 28.3. The molecule has 114 valence electrons. The van der Waals surface area contributed by atoms with Crippen molar-refractivity contribution in [2.24, 2.45) is 11.8 Å².